The van der Waals surface area contributed by atoms with Crippen LogP contribution in [0, 0.1) is 0 Å². The maximum Gasteiger partial charge on any atom is 0.178 e. The predicted molar refractivity (Wildman–Crippen MR) is 65.4 cm³/mol. The highest BCUT2D eigenvalue weighted by Gasteiger charge is 2.19. The van der Waals surface area contributed by atoms with Gasteiger partial charge < -0.3 is 4.90 Å². The normalized spacial score (nSPS) is 18.8. The summed E-state index contributed by atoms with van der Waals surface area (Å²) in [5, 5.41) is 1.40. The Bertz CT molecular complexity index is 366. The maximum atomic E-state index is 5.71. The average molecular weight is 262 g/mol. The van der Waals surface area contributed by atoms with E-state index in [0.717, 1.165) is 29.6 Å². The third-order valence-electron chi connectivity index (χ3n) is 2.10. The molecule has 1 aromatic heterocycles. The van der Waals surface area contributed by atoms with Crippen molar-refractivity contribution < 1.29 is 0 Å². The lowest BCUT2D eigenvalue weighted by Crippen LogP contribution is -2.23. The SMILES string of the molecule is ClN=C1SCCN1Cc1ccc(Cl)nc1. The van der Waals surface area contributed by atoms with Crippen LogP contribution in [0.3, 0.4) is 0 Å². The fourth-order valence-corrected chi connectivity index (χ4v) is 2.63. The summed E-state index contributed by atoms with van der Waals surface area (Å²) < 4.78 is 3.71. The summed E-state index contributed by atoms with van der Waals surface area (Å²) in [4.78, 5) is 6.16. The van der Waals surface area contributed by atoms with E-state index < -0.39 is 0 Å². The summed E-state index contributed by atoms with van der Waals surface area (Å²) in [6.45, 7) is 1.75. The molecule has 1 saturated heterocycles. The molecule has 0 aromatic carbocycles. The van der Waals surface area contributed by atoms with Crippen LogP contribution in [0.5, 0.6) is 0 Å². The Morgan fingerprint density at radius 1 is 1.53 bits per heavy atom. The molecule has 0 N–H and O–H groups in total. The zero-order valence-electron chi connectivity index (χ0n) is 7.86. The number of pyridine rings is 1. The van der Waals surface area contributed by atoms with Gasteiger partial charge in [-0.3, -0.25) is 0 Å². The van der Waals surface area contributed by atoms with E-state index in [1.807, 2.05) is 6.07 Å². The number of hydrogen-bond donors (Lipinski definition) is 0. The summed E-state index contributed by atoms with van der Waals surface area (Å²) in [5.74, 6) is 1.03. The van der Waals surface area contributed by atoms with Gasteiger partial charge in [-0.05, 0) is 11.6 Å². The number of hydrogen-bond acceptors (Lipinski definition) is 3. The summed E-state index contributed by atoms with van der Waals surface area (Å²) in [7, 11) is 0. The third-order valence-corrected chi connectivity index (χ3v) is 3.58. The number of thioether (sulfide) groups is 1. The molecular weight excluding hydrogens is 253 g/mol. The van der Waals surface area contributed by atoms with Gasteiger partial charge in [-0.25, -0.2) is 4.98 Å². The van der Waals surface area contributed by atoms with Crippen molar-refractivity contribution >= 4 is 40.3 Å². The van der Waals surface area contributed by atoms with E-state index in [1.165, 1.54) is 0 Å². The topological polar surface area (TPSA) is 28.5 Å². The van der Waals surface area contributed by atoms with E-state index in [-0.39, 0.29) is 0 Å². The summed E-state index contributed by atoms with van der Waals surface area (Å²) in [6, 6.07) is 3.75. The molecule has 3 nitrogen and oxygen atoms in total. The van der Waals surface area contributed by atoms with Crippen molar-refractivity contribution in [2.24, 2.45) is 4.51 Å². The molecule has 0 bridgehead atoms. The molecule has 0 atom stereocenters. The van der Waals surface area contributed by atoms with Gasteiger partial charge in [-0.15, -0.1) is 0 Å². The first kappa shape index (κ1) is 11.0. The molecule has 2 heterocycles. The van der Waals surface area contributed by atoms with E-state index in [4.69, 9.17) is 23.4 Å². The van der Waals surface area contributed by atoms with Gasteiger partial charge in [0.2, 0.25) is 0 Å². The van der Waals surface area contributed by atoms with Crippen LogP contribution in [-0.4, -0.2) is 27.3 Å². The van der Waals surface area contributed by atoms with Gasteiger partial charge in [0, 0.05) is 36.8 Å². The molecule has 1 aliphatic rings. The Kier molecular flexibility index (Phi) is 3.72. The van der Waals surface area contributed by atoms with Crippen molar-refractivity contribution in [2.45, 2.75) is 6.54 Å². The molecule has 0 radical (unpaired) electrons. The Morgan fingerprint density at radius 3 is 3.07 bits per heavy atom. The van der Waals surface area contributed by atoms with Crippen molar-refractivity contribution in [1.82, 2.24) is 9.88 Å². The molecule has 1 aliphatic heterocycles. The van der Waals surface area contributed by atoms with Crippen LogP contribution in [0.2, 0.25) is 5.15 Å². The van der Waals surface area contributed by atoms with E-state index in [1.54, 1.807) is 24.0 Å². The van der Waals surface area contributed by atoms with Crippen molar-refractivity contribution in [3.05, 3.63) is 29.0 Å². The average Bonchev–Trinajstić information content (AvgIpc) is 2.69. The van der Waals surface area contributed by atoms with Gasteiger partial charge in [-0.2, -0.15) is 4.51 Å². The number of rotatable bonds is 2. The summed E-state index contributed by atoms with van der Waals surface area (Å²) in [5.41, 5.74) is 1.11. The Morgan fingerprint density at radius 2 is 2.40 bits per heavy atom. The maximum absolute atomic E-state index is 5.71. The predicted octanol–water partition coefficient (Wildman–Crippen LogP) is 2.79. The number of nitrogens with zero attached hydrogens (tertiary/aromatic N) is 3. The lowest BCUT2D eigenvalue weighted by atomic mass is 10.3. The fraction of sp³-hybridized carbons (Fsp3) is 0.333. The van der Waals surface area contributed by atoms with Crippen LogP contribution in [0.4, 0.5) is 0 Å². The van der Waals surface area contributed by atoms with E-state index in [2.05, 4.69) is 14.4 Å². The Labute approximate surface area is 103 Å². The number of halogens is 2. The minimum Gasteiger partial charge on any atom is -0.345 e. The van der Waals surface area contributed by atoms with Crippen molar-refractivity contribution in [3.63, 3.8) is 0 Å². The monoisotopic (exact) mass is 261 g/mol. The second-order valence-corrected chi connectivity index (χ2v) is 4.74. The largest absolute Gasteiger partial charge is 0.345 e. The highest BCUT2D eigenvalue weighted by Crippen LogP contribution is 2.21. The molecular formula is C9H9Cl2N3S. The second kappa shape index (κ2) is 5.05. The minimum absolute atomic E-state index is 0.515. The molecule has 0 saturated carbocycles. The lowest BCUT2D eigenvalue weighted by Gasteiger charge is -2.16. The molecule has 2 rings (SSSR count). The molecule has 0 unspecified atom stereocenters. The van der Waals surface area contributed by atoms with Gasteiger partial charge in [0.1, 0.15) is 5.15 Å². The van der Waals surface area contributed by atoms with E-state index in [9.17, 15) is 0 Å². The van der Waals surface area contributed by atoms with Crippen molar-refractivity contribution in [3.8, 4) is 0 Å². The van der Waals surface area contributed by atoms with Gasteiger partial charge in [0.25, 0.3) is 0 Å². The van der Waals surface area contributed by atoms with Gasteiger partial charge in [0.15, 0.2) is 5.17 Å². The van der Waals surface area contributed by atoms with Crippen molar-refractivity contribution in [2.75, 3.05) is 12.3 Å². The standard InChI is InChI=1S/C9H9Cl2N3S/c10-8-2-1-7(5-12-8)6-14-3-4-15-9(14)13-11/h1-2,5H,3-4,6H2. The van der Waals surface area contributed by atoms with Gasteiger partial charge in [0.05, 0.1) is 0 Å². The molecule has 6 heteroatoms. The summed E-state index contributed by atoms with van der Waals surface area (Å²) in [6.07, 6.45) is 1.77. The highest BCUT2D eigenvalue weighted by molar-refractivity contribution is 8.14. The minimum atomic E-state index is 0.515. The quantitative estimate of drug-likeness (QED) is 0.767. The van der Waals surface area contributed by atoms with Crippen LogP contribution in [0.25, 0.3) is 0 Å². The Hall–Kier alpha value is -0.450. The van der Waals surface area contributed by atoms with Crippen molar-refractivity contribution in [1.29, 1.82) is 0 Å². The van der Waals surface area contributed by atoms with Crippen LogP contribution in [-0.2, 0) is 6.54 Å². The van der Waals surface area contributed by atoms with E-state index in [0.29, 0.717) is 5.15 Å². The zero-order valence-corrected chi connectivity index (χ0v) is 10.2. The second-order valence-electron chi connectivity index (χ2n) is 3.13. The van der Waals surface area contributed by atoms with Crippen LogP contribution in [0.1, 0.15) is 5.56 Å². The molecule has 15 heavy (non-hydrogen) atoms. The van der Waals surface area contributed by atoms with Gasteiger partial charge in [-0.1, -0.05) is 29.4 Å². The number of aromatic nitrogens is 1. The molecule has 1 aromatic rings. The van der Waals surface area contributed by atoms with Crippen LogP contribution in [0.15, 0.2) is 22.8 Å². The van der Waals surface area contributed by atoms with Crippen LogP contribution >= 0.6 is 35.1 Å². The lowest BCUT2D eigenvalue weighted by molar-refractivity contribution is 0.457. The van der Waals surface area contributed by atoms with E-state index >= 15 is 0 Å². The summed E-state index contributed by atoms with van der Waals surface area (Å²) >= 11 is 12.9. The zero-order chi connectivity index (χ0) is 10.7. The first-order valence-electron chi connectivity index (χ1n) is 4.47. The first-order chi connectivity index (χ1) is 7.29. The number of amidine groups is 1. The molecule has 0 amide bonds. The molecule has 0 spiro atoms. The Balaban J connectivity index is 2.05. The molecule has 80 valence electrons. The molecule has 0 aliphatic carbocycles. The van der Waals surface area contributed by atoms with Crippen LogP contribution < -0.4 is 0 Å². The third kappa shape index (κ3) is 2.77. The first-order valence-corrected chi connectivity index (χ1v) is 6.17. The van der Waals surface area contributed by atoms with Gasteiger partial charge >= 0.3 is 0 Å². The highest BCUT2D eigenvalue weighted by atomic mass is 35.5. The smallest absolute Gasteiger partial charge is 0.178 e. The molecule has 1 fully saturated rings. The fourth-order valence-electron chi connectivity index (χ4n) is 1.38.